The third kappa shape index (κ3) is 2.91. The third-order valence-electron chi connectivity index (χ3n) is 3.23. The Morgan fingerprint density at radius 2 is 2.17 bits per heavy atom. The van der Waals surface area contributed by atoms with E-state index in [4.69, 9.17) is 32.7 Å². The lowest BCUT2D eigenvalue weighted by molar-refractivity contribution is -0.00993. The Morgan fingerprint density at radius 3 is 2.78 bits per heavy atom. The first-order valence-electron chi connectivity index (χ1n) is 5.92. The van der Waals surface area contributed by atoms with Crippen molar-refractivity contribution >= 4 is 23.2 Å². The molecule has 1 saturated heterocycles. The topological polar surface area (TPSA) is 38.7 Å². The van der Waals surface area contributed by atoms with Gasteiger partial charge in [0.05, 0.1) is 29.9 Å². The zero-order chi connectivity index (χ0) is 13.1. The van der Waals surface area contributed by atoms with Crippen molar-refractivity contribution in [3.63, 3.8) is 0 Å². The lowest BCUT2D eigenvalue weighted by Gasteiger charge is -2.27. The number of methoxy groups -OCH3 is 1. The Labute approximate surface area is 117 Å². The predicted octanol–water partition coefficient (Wildman–Crippen LogP) is 3.46. The van der Waals surface area contributed by atoms with Crippen molar-refractivity contribution in [2.45, 2.75) is 18.9 Å². The minimum atomic E-state index is -0.652. The summed E-state index contributed by atoms with van der Waals surface area (Å²) < 4.78 is 10.5. The molecule has 0 spiro atoms. The Morgan fingerprint density at radius 1 is 1.39 bits per heavy atom. The second kappa shape index (κ2) is 6.11. The van der Waals surface area contributed by atoms with Crippen LogP contribution in [0.2, 0.25) is 10.0 Å². The smallest absolute Gasteiger partial charge is 0.138 e. The molecule has 1 N–H and O–H groups in total. The Balaban J connectivity index is 2.23. The molecule has 0 amide bonds. The number of aliphatic hydroxyl groups is 1. The zero-order valence-electron chi connectivity index (χ0n) is 10.2. The van der Waals surface area contributed by atoms with Crippen LogP contribution in [0, 0.1) is 5.92 Å². The second-order valence-electron chi connectivity index (χ2n) is 4.43. The van der Waals surface area contributed by atoms with E-state index in [2.05, 4.69) is 0 Å². The molecule has 0 aromatic heterocycles. The van der Waals surface area contributed by atoms with Gasteiger partial charge in [0, 0.05) is 24.2 Å². The second-order valence-corrected chi connectivity index (χ2v) is 5.24. The van der Waals surface area contributed by atoms with E-state index in [9.17, 15) is 5.11 Å². The highest BCUT2D eigenvalue weighted by Crippen LogP contribution is 2.38. The first kappa shape index (κ1) is 13.9. The van der Waals surface area contributed by atoms with Crippen molar-refractivity contribution < 1.29 is 14.6 Å². The molecule has 1 heterocycles. The number of hydrogen-bond acceptors (Lipinski definition) is 3. The van der Waals surface area contributed by atoms with E-state index in [0.29, 0.717) is 28.0 Å². The van der Waals surface area contributed by atoms with Gasteiger partial charge >= 0.3 is 0 Å². The molecule has 0 bridgehead atoms. The lowest BCUT2D eigenvalue weighted by atomic mass is 9.91. The molecular formula is C13H16Cl2O3. The van der Waals surface area contributed by atoms with Gasteiger partial charge in [0.25, 0.3) is 0 Å². The largest absolute Gasteiger partial charge is 0.495 e. The zero-order valence-corrected chi connectivity index (χ0v) is 11.7. The average molecular weight is 291 g/mol. The van der Waals surface area contributed by atoms with Crippen molar-refractivity contribution in [3.05, 3.63) is 27.7 Å². The summed E-state index contributed by atoms with van der Waals surface area (Å²) in [5.41, 5.74) is 0.637. The average Bonchev–Trinajstić information content (AvgIpc) is 2.41. The summed E-state index contributed by atoms with van der Waals surface area (Å²) in [4.78, 5) is 0. The molecule has 1 aliphatic heterocycles. The summed E-state index contributed by atoms with van der Waals surface area (Å²) in [6.07, 6.45) is 1.24. The van der Waals surface area contributed by atoms with Gasteiger partial charge in [-0.15, -0.1) is 0 Å². The SMILES string of the molecule is COc1cc(Cl)c(C(O)C2CCCOC2)cc1Cl. The molecular weight excluding hydrogens is 275 g/mol. The van der Waals surface area contributed by atoms with Crippen LogP contribution in [0.15, 0.2) is 12.1 Å². The normalized spacial score (nSPS) is 21.7. The van der Waals surface area contributed by atoms with Gasteiger partial charge in [-0.3, -0.25) is 0 Å². The van der Waals surface area contributed by atoms with Crippen molar-refractivity contribution in [2.75, 3.05) is 20.3 Å². The van der Waals surface area contributed by atoms with Gasteiger partial charge in [0.1, 0.15) is 5.75 Å². The van der Waals surface area contributed by atoms with E-state index < -0.39 is 6.10 Å². The summed E-state index contributed by atoms with van der Waals surface area (Å²) >= 11 is 12.2. The van der Waals surface area contributed by atoms with Crippen molar-refractivity contribution in [1.29, 1.82) is 0 Å². The fourth-order valence-corrected chi connectivity index (χ4v) is 2.71. The number of ether oxygens (including phenoxy) is 2. The maximum absolute atomic E-state index is 10.4. The van der Waals surface area contributed by atoms with Gasteiger partial charge in [0.2, 0.25) is 0 Å². The molecule has 2 atom stereocenters. The minimum absolute atomic E-state index is 0.0701. The highest BCUT2D eigenvalue weighted by atomic mass is 35.5. The minimum Gasteiger partial charge on any atom is -0.495 e. The maximum atomic E-state index is 10.4. The first-order chi connectivity index (χ1) is 8.63. The van der Waals surface area contributed by atoms with Gasteiger partial charge in [-0.1, -0.05) is 23.2 Å². The molecule has 0 radical (unpaired) electrons. The molecule has 1 aromatic rings. The van der Waals surface area contributed by atoms with Gasteiger partial charge < -0.3 is 14.6 Å². The number of benzene rings is 1. The van der Waals surface area contributed by atoms with Crippen molar-refractivity contribution in [1.82, 2.24) is 0 Å². The van der Waals surface area contributed by atoms with Crippen LogP contribution in [0.5, 0.6) is 5.75 Å². The van der Waals surface area contributed by atoms with Crippen LogP contribution in [0.25, 0.3) is 0 Å². The first-order valence-corrected chi connectivity index (χ1v) is 6.68. The van der Waals surface area contributed by atoms with Crippen molar-refractivity contribution in [3.8, 4) is 5.75 Å². The van der Waals surface area contributed by atoms with Crippen molar-refractivity contribution in [2.24, 2.45) is 5.92 Å². The molecule has 2 unspecified atom stereocenters. The Hall–Kier alpha value is -0.480. The van der Waals surface area contributed by atoms with E-state index in [0.717, 1.165) is 19.4 Å². The number of halogens is 2. The van der Waals surface area contributed by atoms with E-state index in [1.807, 2.05) is 0 Å². The summed E-state index contributed by atoms with van der Waals surface area (Å²) in [7, 11) is 1.53. The summed E-state index contributed by atoms with van der Waals surface area (Å²) in [6, 6.07) is 3.30. The van der Waals surface area contributed by atoms with Crippen LogP contribution in [0.1, 0.15) is 24.5 Å². The molecule has 1 aromatic carbocycles. The molecule has 1 aliphatic rings. The number of hydrogen-bond donors (Lipinski definition) is 1. The summed E-state index contributed by atoms with van der Waals surface area (Å²) in [5, 5.41) is 11.3. The Kier molecular flexibility index (Phi) is 4.73. The molecule has 5 heteroatoms. The van der Waals surface area contributed by atoms with E-state index >= 15 is 0 Å². The highest BCUT2D eigenvalue weighted by molar-refractivity contribution is 6.34. The van der Waals surface area contributed by atoms with Crippen LogP contribution < -0.4 is 4.74 Å². The predicted molar refractivity (Wildman–Crippen MR) is 71.5 cm³/mol. The maximum Gasteiger partial charge on any atom is 0.138 e. The molecule has 3 nitrogen and oxygen atoms in total. The molecule has 2 rings (SSSR count). The standard InChI is InChI=1S/C13H16Cl2O3/c1-17-12-6-10(14)9(5-11(12)15)13(16)8-3-2-4-18-7-8/h5-6,8,13,16H,2-4,7H2,1H3. The number of rotatable bonds is 3. The van der Waals surface area contributed by atoms with E-state index in [-0.39, 0.29) is 5.92 Å². The van der Waals surface area contributed by atoms with Crippen LogP contribution in [-0.2, 0) is 4.74 Å². The summed E-state index contributed by atoms with van der Waals surface area (Å²) in [5.74, 6) is 0.582. The summed E-state index contributed by atoms with van der Waals surface area (Å²) in [6.45, 7) is 1.32. The van der Waals surface area contributed by atoms with Gasteiger partial charge in [-0.05, 0) is 18.9 Å². The molecule has 100 valence electrons. The molecule has 18 heavy (non-hydrogen) atoms. The lowest BCUT2D eigenvalue weighted by Crippen LogP contribution is -2.23. The fourth-order valence-electron chi connectivity index (χ4n) is 2.20. The fraction of sp³-hybridized carbons (Fsp3) is 0.538. The van der Waals surface area contributed by atoms with Crippen LogP contribution >= 0.6 is 23.2 Å². The molecule has 0 aliphatic carbocycles. The van der Waals surface area contributed by atoms with E-state index in [1.165, 1.54) is 7.11 Å². The Bertz CT molecular complexity index is 417. The van der Waals surface area contributed by atoms with Crippen LogP contribution in [0.3, 0.4) is 0 Å². The third-order valence-corrected chi connectivity index (χ3v) is 3.85. The van der Waals surface area contributed by atoms with Gasteiger partial charge in [-0.2, -0.15) is 0 Å². The van der Waals surface area contributed by atoms with Gasteiger partial charge in [0.15, 0.2) is 0 Å². The monoisotopic (exact) mass is 290 g/mol. The van der Waals surface area contributed by atoms with Crippen LogP contribution in [-0.4, -0.2) is 25.4 Å². The number of aliphatic hydroxyl groups excluding tert-OH is 1. The highest BCUT2D eigenvalue weighted by Gasteiger charge is 2.26. The quantitative estimate of drug-likeness (QED) is 0.927. The molecule has 0 saturated carbocycles. The molecule has 1 fully saturated rings. The van der Waals surface area contributed by atoms with E-state index in [1.54, 1.807) is 12.1 Å². The van der Waals surface area contributed by atoms with Gasteiger partial charge in [-0.25, -0.2) is 0 Å². The van der Waals surface area contributed by atoms with Crippen LogP contribution in [0.4, 0.5) is 0 Å².